The molecule has 2 aliphatic heterocycles. The smallest absolute Gasteiger partial charge is 0.266 e. The van der Waals surface area contributed by atoms with Gasteiger partial charge >= 0.3 is 0 Å². The Morgan fingerprint density at radius 2 is 1.72 bits per heavy atom. The zero-order chi connectivity index (χ0) is 18.8. The molecule has 1 amide bonds. The molecule has 0 spiro atoms. The normalized spacial score (nSPS) is 29.8. The first-order chi connectivity index (χ1) is 11.5. The Bertz CT molecular complexity index is 550. The average molecular weight is 348 g/mol. The summed E-state index contributed by atoms with van der Waals surface area (Å²) < 4.78 is 5.66. The quantitative estimate of drug-likeness (QED) is 0.602. The molecule has 0 bridgehead atoms. The largest absolute Gasteiger partial charge is 0.387 e. The van der Waals surface area contributed by atoms with E-state index < -0.39 is 0 Å². The first kappa shape index (κ1) is 19.7. The van der Waals surface area contributed by atoms with Crippen molar-refractivity contribution in [2.24, 2.45) is 0 Å². The van der Waals surface area contributed by atoms with Crippen molar-refractivity contribution in [1.82, 2.24) is 15.5 Å². The second-order valence-corrected chi connectivity index (χ2v) is 8.80. The molecule has 2 aliphatic rings. The van der Waals surface area contributed by atoms with Gasteiger partial charge in [-0.1, -0.05) is 0 Å². The fraction of sp³-hybridized carbons (Fsp3) is 0.789. The summed E-state index contributed by atoms with van der Waals surface area (Å²) >= 11 is 0. The fourth-order valence-electron chi connectivity index (χ4n) is 4.30. The molecule has 2 rings (SSSR count). The molecule has 0 aromatic heterocycles. The molecule has 6 heteroatoms. The van der Waals surface area contributed by atoms with E-state index in [0.717, 1.165) is 12.8 Å². The number of nitriles is 1. The summed E-state index contributed by atoms with van der Waals surface area (Å²) in [5, 5.41) is 16.4. The number of nitrogens with one attached hydrogen (secondary N) is 2. The van der Waals surface area contributed by atoms with Crippen molar-refractivity contribution in [2.45, 2.75) is 83.7 Å². The van der Waals surface area contributed by atoms with Gasteiger partial charge in [0.1, 0.15) is 11.6 Å². The maximum atomic E-state index is 12.7. The predicted octanol–water partition coefficient (Wildman–Crippen LogP) is 1.93. The van der Waals surface area contributed by atoms with E-state index in [2.05, 4.69) is 44.4 Å². The third-order valence-corrected chi connectivity index (χ3v) is 4.71. The highest BCUT2D eigenvalue weighted by Gasteiger charge is 2.37. The van der Waals surface area contributed by atoms with Gasteiger partial charge in [-0.3, -0.25) is 4.79 Å². The first-order valence-electron chi connectivity index (χ1n) is 9.12. The van der Waals surface area contributed by atoms with Gasteiger partial charge in [0.2, 0.25) is 0 Å². The molecule has 2 fully saturated rings. The molecule has 2 unspecified atom stereocenters. The van der Waals surface area contributed by atoms with Crippen molar-refractivity contribution < 1.29 is 9.53 Å². The Kier molecular flexibility index (Phi) is 5.80. The van der Waals surface area contributed by atoms with E-state index in [0.29, 0.717) is 13.1 Å². The van der Waals surface area contributed by atoms with Crippen molar-refractivity contribution in [3.8, 4) is 6.07 Å². The number of ether oxygens (including phenoxy) is 1. The van der Waals surface area contributed by atoms with Crippen LogP contribution in [-0.2, 0) is 9.53 Å². The van der Waals surface area contributed by atoms with Gasteiger partial charge in [0.15, 0.2) is 0 Å². The fourth-order valence-corrected chi connectivity index (χ4v) is 4.30. The first-order valence-corrected chi connectivity index (χ1v) is 9.12. The van der Waals surface area contributed by atoms with E-state index in [4.69, 9.17) is 4.74 Å². The summed E-state index contributed by atoms with van der Waals surface area (Å²) in [7, 11) is 0. The highest BCUT2D eigenvalue weighted by molar-refractivity contribution is 5.97. The van der Waals surface area contributed by atoms with Crippen LogP contribution in [-0.4, -0.2) is 53.2 Å². The molecule has 2 N–H and O–H groups in total. The van der Waals surface area contributed by atoms with E-state index >= 15 is 0 Å². The number of hydrogen-bond donors (Lipinski definition) is 2. The Labute approximate surface area is 151 Å². The van der Waals surface area contributed by atoms with E-state index in [9.17, 15) is 10.1 Å². The van der Waals surface area contributed by atoms with Crippen LogP contribution in [0.4, 0.5) is 0 Å². The Hall–Kier alpha value is -1.58. The maximum Gasteiger partial charge on any atom is 0.266 e. The standard InChI is InChI=1S/C19H32N4O2/c1-13-11-23(12-14(2)25-13)17(24)15(9-20)10-21-16-7-18(3,4)22-19(5,6)8-16/h10,13-14,16,21-22H,7-8,11-12H2,1-6H3/b15-10-. The molecule has 6 nitrogen and oxygen atoms in total. The van der Waals surface area contributed by atoms with Gasteiger partial charge in [-0.15, -0.1) is 0 Å². The van der Waals surface area contributed by atoms with Gasteiger partial charge in [-0.05, 0) is 54.4 Å². The van der Waals surface area contributed by atoms with Crippen LogP contribution in [0.15, 0.2) is 11.8 Å². The maximum absolute atomic E-state index is 12.7. The Balaban J connectivity index is 2.05. The van der Waals surface area contributed by atoms with Crippen molar-refractivity contribution in [3.63, 3.8) is 0 Å². The summed E-state index contributed by atoms with van der Waals surface area (Å²) in [6.07, 6.45) is 3.46. The highest BCUT2D eigenvalue weighted by atomic mass is 16.5. The minimum Gasteiger partial charge on any atom is -0.387 e. The summed E-state index contributed by atoms with van der Waals surface area (Å²) in [6.45, 7) is 13.7. The van der Waals surface area contributed by atoms with Gasteiger partial charge in [-0.25, -0.2) is 0 Å². The van der Waals surface area contributed by atoms with Gasteiger partial charge in [0, 0.05) is 36.4 Å². The van der Waals surface area contributed by atoms with Crippen molar-refractivity contribution in [1.29, 1.82) is 5.26 Å². The van der Waals surface area contributed by atoms with Crippen LogP contribution in [0.2, 0.25) is 0 Å². The molecule has 0 aromatic rings. The lowest BCUT2D eigenvalue weighted by molar-refractivity contribution is -0.138. The molecule has 25 heavy (non-hydrogen) atoms. The summed E-state index contributed by atoms with van der Waals surface area (Å²) in [5.74, 6) is -0.218. The summed E-state index contributed by atoms with van der Waals surface area (Å²) in [5.41, 5.74) is 0.189. The number of rotatable bonds is 3. The second kappa shape index (κ2) is 7.35. The molecule has 0 aromatic carbocycles. The molecule has 0 saturated carbocycles. The van der Waals surface area contributed by atoms with E-state index in [1.165, 1.54) is 0 Å². The topological polar surface area (TPSA) is 77.4 Å². The molecule has 140 valence electrons. The number of carbonyl (C=O) groups is 1. The Morgan fingerprint density at radius 3 is 2.20 bits per heavy atom. The number of carbonyl (C=O) groups excluding carboxylic acids is 1. The number of morpholine rings is 1. The van der Waals surface area contributed by atoms with Crippen LogP contribution in [0.5, 0.6) is 0 Å². The lowest BCUT2D eigenvalue weighted by atomic mass is 9.79. The average Bonchev–Trinajstić information content (AvgIpc) is 2.43. The second-order valence-electron chi connectivity index (χ2n) is 8.80. The van der Waals surface area contributed by atoms with E-state index in [1.807, 2.05) is 13.8 Å². The number of nitrogens with zero attached hydrogens (tertiary/aromatic N) is 2. The summed E-state index contributed by atoms with van der Waals surface area (Å²) in [4.78, 5) is 14.4. The van der Waals surface area contributed by atoms with Gasteiger partial charge in [0.25, 0.3) is 5.91 Å². The van der Waals surface area contributed by atoms with Gasteiger partial charge in [-0.2, -0.15) is 5.26 Å². The van der Waals surface area contributed by atoms with Crippen molar-refractivity contribution in [3.05, 3.63) is 11.8 Å². The number of hydrogen-bond acceptors (Lipinski definition) is 5. The highest BCUT2D eigenvalue weighted by Crippen LogP contribution is 2.28. The van der Waals surface area contributed by atoms with Crippen LogP contribution in [0.1, 0.15) is 54.4 Å². The van der Waals surface area contributed by atoms with Crippen molar-refractivity contribution in [2.75, 3.05) is 13.1 Å². The van der Waals surface area contributed by atoms with Gasteiger partial charge in [0.05, 0.1) is 12.2 Å². The molecule has 2 saturated heterocycles. The monoisotopic (exact) mass is 348 g/mol. The molecule has 0 radical (unpaired) electrons. The van der Waals surface area contributed by atoms with E-state index in [1.54, 1.807) is 11.1 Å². The Morgan fingerprint density at radius 1 is 1.20 bits per heavy atom. The van der Waals surface area contributed by atoms with Crippen LogP contribution >= 0.6 is 0 Å². The lowest BCUT2D eigenvalue weighted by Gasteiger charge is -2.46. The molecule has 0 aliphatic carbocycles. The van der Waals surface area contributed by atoms with Crippen LogP contribution in [0.25, 0.3) is 0 Å². The van der Waals surface area contributed by atoms with E-state index in [-0.39, 0.29) is 40.8 Å². The minimum absolute atomic E-state index is 0.00776. The van der Waals surface area contributed by atoms with Crippen LogP contribution in [0.3, 0.4) is 0 Å². The lowest BCUT2D eigenvalue weighted by Crippen LogP contribution is -2.61. The molecular weight excluding hydrogens is 316 g/mol. The van der Waals surface area contributed by atoms with Crippen LogP contribution < -0.4 is 10.6 Å². The third kappa shape index (κ3) is 5.45. The molecule has 2 heterocycles. The summed E-state index contributed by atoms with van der Waals surface area (Å²) in [6, 6.07) is 2.29. The third-order valence-electron chi connectivity index (χ3n) is 4.71. The zero-order valence-electron chi connectivity index (χ0n) is 16.3. The van der Waals surface area contributed by atoms with Crippen molar-refractivity contribution >= 4 is 5.91 Å². The molecular formula is C19H32N4O2. The minimum atomic E-state index is -0.218. The molecule has 2 atom stereocenters. The van der Waals surface area contributed by atoms with Crippen LogP contribution in [0, 0.1) is 11.3 Å². The number of amides is 1. The SMILES string of the molecule is CC1CN(C(=O)/C(C#N)=C\NC2CC(C)(C)NC(C)(C)C2)CC(C)O1. The number of piperidine rings is 1. The zero-order valence-corrected chi connectivity index (χ0v) is 16.3. The predicted molar refractivity (Wildman–Crippen MR) is 97.7 cm³/mol. The van der Waals surface area contributed by atoms with Gasteiger partial charge < -0.3 is 20.3 Å².